The Morgan fingerprint density at radius 3 is 2.00 bits per heavy atom. The van der Waals surface area contributed by atoms with E-state index in [0.717, 1.165) is 12.1 Å². The Morgan fingerprint density at radius 2 is 1.52 bits per heavy atom. The average molecular weight is 323 g/mol. The van der Waals surface area contributed by atoms with Gasteiger partial charge in [0.15, 0.2) is 11.6 Å². The number of benzene rings is 2. The van der Waals surface area contributed by atoms with Crippen LogP contribution in [0.15, 0.2) is 30.3 Å². The summed E-state index contributed by atoms with van der Waals surface area (Å²) in [6, 6.07) is 5.99. The highest BCUT2D eigenvalue weighted by atomic mass is 19.2. The van der Waals surface area contributed by atoms with Gasteiger partial charge in [-0.05, 0) is 18.2 Å². The lowest BCUT2D eigenvalue weighted by atomic mass is 10.2. The lowest BCUT2D eigenvalue weighted by Gasteiger charge is -2.15. The third kappa shape index (κ3) is 3.50. The summed E-state index contributed by atoms with van der Waals surface area (Å²) < 4.78 is 41.7. The summed E-state index contributed by atoms with van der Waals surface area (Å²) in [6.45, 7) is 0. The molecule has 1 amide bonds. The number of halogens is 2. The van der Waals surface area contributed by atoms with E-state index in [4.69, 9.17) is 14.2 Å². The number of methoxy groups -OCH3 is 3. The van der Waals surface area contributed by atoms with Gasteiger partial charge in [-0.1, -0.05) is 0 Å². The van der Waals surface area contributed by atoms with Gasteiger partial charge in [0.25, 0.3) is 5.91 Å². The van der Waals surface area contributed by atoms with Crippen molar-refractivity contribution in [1.82, 2.24) is 0 Å². The Balaban J connectivity index is 2.38. The predicted octanol–water partition coefficient (Wildman–Crippen LogP) is 3.24. The number of carbonyl (C=O) groups excluding carboxylic acids is 1. The minimum absolute atomic E-state index is 0.0381. The first-order chi connectivity index (χ1) is 11.0. The molecule has 0 saturated carbocycles. The third-order valence-electron chi connectivity index (χ3n) is 3.14. The number of ether oxygens (including phenoxy) is 3. The van der Waals surface area contributed by atoms with Crippen molar-refractivity contribution in [2.45, 2.75) is 0 Å². The second-order valence-corrected chi connectivity index (χ2v) is 4.49. The van der Waals surface area contributed by atoms with Crippen molar-refractivity contribution < 1.29 is 27.8 Å². The van der Waals surface area contributed by atoms with E-state index in [9.17, 15) is 13.6 Å². The summed E-state index contributed by atoms with van der Waals surface area (Å²) in [5, 5.41) is 2.56. The van der Waals surface area contributed by atoms with E-state index in [-0.39, 0.29) is 11.3 Å². The second kappa shape index (κ2) is 6.95. The average Bonchev–Trinajstić information content (AvgIpc) is 2.57. The monoisotopic (exact) mass is 323 g/mol. The molecule has 2 aromatic rings. The molecule has 7 heteroatoms. The van der Waals surface area contributed by atoms with E-state index in [1.165, 1.54) is 27.4 Å². The van der Waals surface area contributed by atoms with Crippen LogP contribution in [-0.4, -0.2) is 27.2 Å². The molecular formula is C16H15F2NO4. The number of amides is 1. The first-order valence-corrected chi connectivity index (χ1v) is 6.56. The second-order valence-electron chi connectivity index (χ2n) is 4.49. The van der Waals surface area contributed by atoms with Gasteiger partial charge in [-0.3, -0.25) is 4.79 Å². The molecule has 0 aliphatic rings. The maximum atomic E-state index is 13.2. The largest absolute Gasteiger partial charge is 0.496 e. The first-order valence-electron chi connectivity index (χ1n) is 6.56. The van der Waals surface area contributed by atoms with Gasteiger partial charge in [0, 0.05) is 17.7 Å². The van der Waals surface area contributed by atoms with Gasteiger partial charge in [0.1, 0.15) is 22.9 Å². The van der Waals surface area contributed by atoms with Crippen LogP contribution >= 0.6 is 0 Å². The van der Waals surface area contributed by atoms with E-state index < -0.39 is 17.5 Å². The van der Waals surface area contributed by atoms with E-state index >= 15 is 0 Å². The highest BCUT2D eigenvalue weighted by Crippen LogP contribution is 2.39. The normalized spacial score (nSPS) is 10.1. The van der Waals surface area contributed by atoms with Gasteiger partial charge in [0.05, 0.1) is 21.3 Å². The quantitative estimate of drug-likeness (QED) is 0.918. The van der Waals surface area contributed by atoms with Gasteiger partial charge < -0.3 is 19.5 Å². The zero-order valence-corrected chi connectivity index (χ0v) is 12.8. The van der Waals surface area contributed by atoms with Crippen molar-refractivity contribution in [1.29, 1.82) is 0 Å². The summed E-state index contributed by atoms with van der Waals surface area (Å²) in [6.07, 6.45) is 0. The van der Waals surface area contributed by atoms with Gasteiger partial charge in [-0.2, -0.15) is 0 Å². The van der Waals surface area contributed by atoms with Crippen molar-refractivity contribution in [2.24, 2.45) is 0 Å². The smallest absolute Gasteiger partial charge is 0.255 e. The summed E-state index contributed by atoms with van der Waals surface area (Å²) in [5.74, 6) is -1.68. The molecule has 0 atom stereocenters. The third-order valence-corrected chi connectivity index (χ3v) is 3.14. The summed E-state index contributed by atoms with van der Waals surface area (Å²) in [4.78, 5) is 12.2. The highest BCUT2D eigenvalue weighted by Gasteiger charge is 2.17. The van der Waals surface area contributed by atoms with Crippen LogP contribution in [0.2, 0.25) is 0 Å². The molecule has 122 valence electrons. The van der Waals surface area contributed by atoms with E-state index in [1.807, 2.05) is 0 Å². The minimum atomic E-state index is -1.11. The Kier molecular flexibility index (Phi) is 5.00. The molecule has 2 aromatic carbocycles. The van der Waals surface area contributed by atoms with Crippen molar-refractivity contribution in [2.75, 3.05) is 26.6 Å². The zero-order chi connectivity index (χ0) is 17.0. The summed E-state index contributed by atoms with van der Waals surface area (Å²) in [7, 11) is 4.32. The van der Waals surface area contributed by atoms with Crippen LogP contribution in [0.25, 0.3) is 0 Å². The van der Waals surface area contributed by atoms with E-state index in [2.05, 4.69) is 5.32 Å². The highest BCUT2D eigenvalue weighted by molar-refractivity contribution is 6.06. The molecule has 23 heavy (non-hydrogen) atoms. The van der Waals surface area contributed by atoms with Crippen LogP contribution in [0.1, 0.15) is 10.4 Å². The maximum Gasteiger partial charge on any atom is 0.255 e. The summed E-state index contributed by atoms with van der Waals surface area (Å²) in [5.41, 5.74) is 0.217. The minimum Gasteiger partial charge on any atom is -0.496 e. The fraction of sp³-hybridized carbons (Fsp3) is 0.188. The lowest BCUT2D eigenvalue weighted by molar-refractivity contribution is 0.102. The van der Waals surface area contributed by atoms with Crippen LogP contribution < -0.4 is 19.5 Å². The summed E-state index contributed by atoms with van der Waals surface area (Å²) >= 11 is 0. The topological polar surface area (TPSA) is 56.8 Å². The molecule has 0 aliphatic carbocycles. The number of carbonyl (C=O) groups is 1. The zero-order valence-electron chi connectivity index (χ0n) is 12.8. The molecule has 5 nitrogen and oxygen atoms in total. The fourth-order valence-electron chi connectivity index (χ4n) is 1.95. The molecule has 0 heterocycles. The fourth-order valence-corrected chi connectivity index (χ4v) is 1.95. The van der Waals surface area contributed by atoms with Gasteiger partial charge >= 0.3 is 0 Å². The van der Waals surface area contributed by atoms with Crippen molar-refractivity contribution in [3.05, 3.63) is 47.5 Å². The molecule has 0 aromatic heterocycles. The van der Waals surface area contributed by atoms with Crippen LogP contribution in [-0.2, 0) is 0 Å². The molecule has 0 fully saturated rings. The van der Waals surface area contributed by atoms with E-state index in [0.29, 0.717) is 17.2 Å². The van der Waals surface area contributed by atoms with Gasteiger partial charge in [0.2, 0.25) is 0 Å². The SMILES string of the molecule is COc1cc(OC)c(NC(=O)c2ccc(F)c(F)c2)c(OC)c1. The van der Waals surface area contributed by atoms with Crippen LogP contribution in [0.3, 0.4) is 0 Å². The number of nitrogens with one attached hydrogen (secondary N) is 1. The molecule has 0 radical (unpaired) electrons. The molecule has 0 bridgehead atoms. The standard InChI is InChI=1S/C16H15F2NO4/c1-21-10-7-13(22-2)15(14(8-10)23-3)19-16(20)9-4-5-11(17)12(18)6-9/h4-8H,1-3H3,(H,19,20). The predicted molar refractivity (Wildman–Crippen MR) is 80.4 cm³/mol. The number of anilines is 1. The molecular weight excluding hydrogens is 308 g/mol. The molecule has 0 unspecified atom stereocenters. The molecule has 0 saturated heterocycles. The van der Waals surface area contributed by atoms with Crippen molar-refractivity contribution in [3.63, 3.8) is 0 Å². The van der Waals surface area contributed by atoms with Crippen LogP contribution in [0.4, 0.5) is 14.5 Å². The Labute approximate surface area is 131 Å². The molecule has 2 rings (SSSR count). The van der Waals surface area contributed by atoms with Crippen molar-refractivity contribution >= 4 is 11.6 Å². The van der Waals surface area contributed by atoms with Gasteiger partial charge in [-0.15, -0.1) is 0 Å². The van der Waals surface area contributed by atoms with Crippen LogP contribution in [0, 0.1) is 11.6 Å². The van der Waals surface area contributed by atoms with Crippen molar-refractivity contribution in [3.8, 4) is 17.2 Å². The molecule has 1 N–H and O–H groups in total. The van der Waals surface area contributed by atoms with Gasteiger partial charge in [-0.25, -0.2) is 8.78 Å². The Hall–Kier alpha value is -2.83. The Morgan fingerprint density at radius 1 is 0.913 bits per heavy atom. The number of hydrogen-bond donors (Lipinski definition) is 1. The van der Waals surface area contributed by atoms with E-state index in [1.54, 1.807) is 12.1 Å². The number of hydrogen-bond acceptors (Lipinski definition) is 4. The maximum absolute atomic E-state index is 13.2. The molecule has 0 spiro atoms. The van der Waals surface area contributed by atoms with Crippen LogP contribution in [0.5, 0.6) is 17.2 Å². The lowest BCUT2D eigenvalue weighted by Crippen LogP contribution is -2.14. The Bertz CT molecular complexity index is 709. The number of rotatable bonds is 5. The molecule has 0 aliphatic heterocycles. The first kappa shape index (κ1) is 16.5.